The molecular formula is C24H17ClF2N4OS. The second-order valence-electron chi connectivity index (χ2n) is 7.39. The van der Waals surface area contributed by atoms with Crippen LogP contribution in [0.3, 0.4) is 0 Å². The molecule has 1 fully saturated rings. The second-order valence-corrected chi connectivity index (χ2v) is 8.85. The van der Waals surface area contributed by atoms with E-state index in [4.69, 9.17) is 16.3 Å². The highest BCUT2D eigenvalue weighted by atomic mass is 35.5. The number of nitrogens with one attached hydrogen (secondary N) is 2. The molecule has 0 spiro atoms. The average Bonchev–Trinajstić information content (AvgIpc) is 3.47. The zero-order chi connectivity index (χ0) is 22.8. The molecular weight excluding hydrogens is 466 g/mol. The van der Waals surface area contributed by atoms with Gasteiger partial charge in [-0.05, 0) is 55.8 Å². The van der Waals surface area contributed by atoms with Crippen molar-refractivity contribution in [1.29, 1.82) is 0 Å². The molecule has 0 saturated carbocycles. The predicted molar refractivity (Wildman–Crippen MR) is 126 cm³/mol. The van der Waals surface area contributed by atoms with E-state index in [0.29, 0.717) is 11.5 Å². The maximum Gasteiger partial charge on any atom is 0.201 e. The van der Waals surface area contributed by atoms with E-state index >= 15 is 0 Å². The third kappa shape index (κ3) is 4.76. The Kier molecular flexibility index (Phi) is 6.09. The molecule has 9 heteroatoms. The van der Waals surface area contributed by atoms with Gasteiger partial charge in [-0.2, -0.15) is 4.39 Å². The van der Waals surface area contributed by atoms with Crippen LogP contribution in [0.2, 0.25) is 5.02 Å². The monoisotopic (exact) mass is 482 g/mol. The number of rotatable bonds is 4. The van der Waals surface area contributed by atoms with E-state index in [-0.39, 0.29) is 22.6 Å². The number of hydrogen-bond acceptors (Lipinski definition) is 6. The fraction of sp³-hybridized carbons (Fsp3) is 0.167. The van der Waals surface area contributed by atoms with Crippen LogP contribution < -0.4 is 15.4 Å². The van der Waals surface area contributed by atoms with Gasteiger partial charge in [-0.15, -0.1) is 11.3 Å². The number of hydrogen-bond donors (Lipinski definition) is 2. The molecule has 0 bridgehead atoms. The maximum atomic E-state index is 13.9. The minimum atomic E-state index is -1.07. The summed E-state index contributed by atoms with van der Waals surface area (Å²) in [6.07, 6.45) is 3.70. The van der Waals surface area contributed by atoms with Gasteiger partial charge < -0.3 is 15.4 Å². The van der Waals surface area contributed by atoms with Crippen molar-refractivity contribution in [2.45, 2.75) is 18.9 Å². The molecule has 5 rings (SSSR count). The summed E-state index contributed by atoms with van der Waals surface area (Å²) < 4.78 is 33.6. The summed E-state index contributed by atoms with van der Waals surface area (Å²) in [5.41, 5.74) is 1.46. The van der Waals surface area contributed by atoms with Crippen molar-refractivity contribution in [2.75, 3.05) is 11.9 Å². The molecule has 2 N–H and O–H groups in total. The lowest BCUT2D eigenvalue weighted by molar-refractivity contribution is 0.416. The van der Waals surface area contributed by atoms with Gasteiger partial charge in [0.15, 0.2) is 17.4 Å². The summed E-state index contributed by atoms with van der Waals surface area (Å²) in [5.74, 6) is 5.02. The number of fused-ring (bicyclic) bond motifs is 1. The van der Waals surface area contributed by atoms with Gasteiger partial charge in [-0.25, -0.2) is 14.4 Å². The summed E-state index contributed by atoms with van der Waals surface area (Å²) in [6.45, 7) is 1.01. The van der Waals surface area contributed by atoms with Gasteiger partial charge in [-0.3, -0.25) is 0 Å². The first-order chi connectivity index (χ1) is 16.1. The van der Waals surface area contributed by atoms with Crippen molar-refractivity contribution < 1.29 is 13.5 Å². The zero-order valence-electron chi connectivity index (χ0n) is 17.2. The van der Waals surface area contributed by atoms with Gasteiger partial charge in [0.2, 0.25) is 5.82 Å². The molecule has 1 saturated heterocycles. The molecule has 166 valence electrons. The van der Waals surface area contributed by atoms with Crippen LogP contribution in [-0.4, -0.2) is 22.6 Å². The van der Waals surface area contributed by atoms with Crippen LogP contribution in [0, 0.1) is 23.5 Å². The van der Waals surface area contributed by atoms with E-state index in [9.17, 15) is 8.78 Å². The van der Waals surface area contributed by atoms with Crippen LogP contribution in [0.5, 0.6) is 11.5 Å². The van der Waals surface area contributed by atoms with Crippen molar-refractivity contribution in [3.63, 3.8) is 0 Å². The number of halogens is 3. The molecule has 0 radical (unpaired) electrons. The molecule has 1 aliphatic rings. The van der Waals surface area contributed by atoms with Crippen LogP contribution in [0.15, 0.2) is 48.8 Å². The summed E-state index contributed by atoms with van der Waals surface area (Å²) in [5, 5.41) is 6.83. The molecule has 0 unspecified atom stereocenters. The number of ether oxygens (including phenoxy) is 1. The van der Waals surface area contributed by atoms with Gasteiger partial charge in [0.1, 0.15) is 12.1 Å². The SMILES string of the molecule is Fc1cccc(Oc2ccc(Nc3ncnc4cc(C#C[C@@H]5CCCN5)sc34)cc2Cl)c1F. The number of anilines is 2. The van der Waals surface area contributed by atoms with Crippen molar-refractivity contribution in [2.24, 2.45) is 0 Å². The Bertz CT molecular complexity index is 1390. The third-order valence-corrected chi connectivity index (χ3v) is 6.41. The molecule has 3 heterocycles. The van der Waals surface area contributed by atoms with E-state index in [2.05, 4.69) is 32.4 Å². The van der Waals surface area contributed by atoms with Crippen LogP contribution in [0.4, 0.5) is 20.3 Å². The molecule has 2 aromatic carbocycles. The number of aromatic nitrogens is 2. The topological polar surface area (TPSA) is 59.1 Å². The molecule has 2 aromatic heterocycles. The van der Waals surface area contributed by atoms with Crippen LogP contribution >= 0.6 is 22.9 Å². The Hall–Kier alpha value is -3.25. The van der Waals surface area contributed by atoms with Crippen LogP contribution in [-0.2, 0) is 0 Å². The lowest BCUT2D eigenvalue weighted by Gasteiger charge is -2.11. The summed E-state index contributed by atoms with van der Waals surface area (Å²) in [6, 6.07) is 10.8. The average molecular weight is 483 g/mol. The smallest absolute Gasteiger partial charge is 0.201 e. The van der Waals surface area contributed by atoms with Crippen LogP contribution in [0.25, 0.3) is 10.2 Å². The maximum absolute atomic E-state index is 13.9. The number of benzene rings is 2. The van der Waals surface area contributed by atoms with E-state index in [1.54, 1.807) is 18.2 Å². The van der Waals surface area contributed by atoms with E-state index < -0.39 is 11.6 Å². The summed E-state index contributed by atoms with van der Waals surface area (Å²) in [7, 11) is 0. The van der Waals surface area contributed by atoms with Crippen molar-refractivity contribution >= 4 is 44.7 Å². The first kappa shape index (κ1) is 21.6. The highest BCUT2D eigenvalue weighted by molar-refractivity contribution is 7.20. The number of nitrogens with zero attached hydrogens (tertiary/aromatic N) is 2. The minimum Gasteiger partial charge on any atom is -0.453 e. The van der Waals surface area contributed by atoms with Crippen molar-refractivity contribution in [1.82, 2.24) is 15.3 Å². The van der Waals surface area contributed by atoms with Crippen molar-refractivity contribution in [3.8, 4) is 23.3 Å². The molecule has 5 nitrogen and oxygen atoms in total. The van der Waals surface area contributed by atoms with E-state index in [1.807, 2.05) is 6.07 Å². The van der Waals surface area contributed by atoms with Crippen LogP contribution in [0.1, 0.15) is 17.7 Å². The van der Waals surface area contributed by atoms with E-state index in [1.165, 1.54) is 29.8 Å². The molecule has 1 aliphatic heterocycles. The Morgan fingerprint density at radius 2 is 2.06 bits per heavy atom. The van der Waals surface area contributed by atoms with Gasteiger partial charge in [-0.1, -0.05) is 29.5 Å². The largest absolute Gasteiger partial charge is 0.453 e. The highest BCUT2D eigenvalue weighted by Gasteiger charge is 2.14. The van der Waals surface area contributed by atoms with Crippen molar-refractivity contribution in [3.05, 3.63) is 70.3 Å². The van der Waals surface area contributed by atoms with E-state index in [0.717, 1.165) is 40.5 Å². The second kappa shape index (κ2) is 9.32. The molecule has 33 heavy (non-hydrogen) atoms. The van der Waals surface area contributed by atoms with Gasteiger partial charge in [0, 0.05) is 5.69 Å². The zero-order valence-corrected chi connectivity index (χ0v) is 18.7. The molecule has 4 aromatic rings. The van der Waals surface area contributed by atoms with Gasteiger partial charge >= 0.3 is 0 Å². The Morgan fingerprint density at radius 1 is 1.15 bits per heavy atom. The summed E-state index contributed by atoms with van der Waals surface area (Å²) >= 11 is 7.84. The lowest BCUT2D eigenvalue weighted by Crippen LogP contribution is -2.18. The van der Waals surface area contributed by atoms with Gasteiger partial charge in [0.25, 0.3) is 0 Å². The standard InChI is InChI=1S/C24H17ClF2N4OS/c25-17-11-15(7-9-20(17)32-21-5-1-4-18(26)22(21)27)31-24-23-19(29-13-30-24)12-16(33-23)8-6-14-3-2-10-28-14/h1,4-5,7,9,11-14,28H,2-3,10H2,(H,29,30,31)/t14-/m0/s1. The normalized spacial score (nSPS) is 15.3. The molecule has 1 atom stereocenters. The fourth-order valence-electron chi connectivity index (χ4n) is 3.45. The molecule has 0 amide bonds. The fourth-order valence-corrected chi connectivity index (χ4v) is 4.59. The highest BCUT2D eigenvalue weighted by Crippen LogP contribution is 2.35. The Balaban J connectivity index is 1.37. The molecule has 0 aliphatic carbocycles. The lowest BCUT2D eigenvalue weighted by atomic mass is 10.2. The Labute approximate surface area is 197 Å². The predicted octanol–water partition coefficient (Wildman–Crippen LogP) is 6.26. The van der Waals surface area contributed by atoms with Gasteiger partial charge in [0.05, 0.1) is 26.2 Å². The number of thiophene rings is 1. The Morgan fingerprint density at radius 3 is 2.88 bits per heavy atom. The summed E-state index contributed by atoms with van der Waals surface area (Å²) in [4.78, 5) is 9.62. The quantitative estimate of drug-likeness (QED) is 0.336. The first-order valence-electron chi connectivity index (χ1n) is 10.2. The third-order valence-electron chi connectivity index (χ3n) is 5.07. The first-order valence-corrected chi connectivity index (χ1v) is 11.4. The minimum absolute atomic E-state index is 0.203.